The van der Waals surface area contributed by atoms with Crippen molar-refractivity contribution in [2.24, 2.45) is 0 Å². The zero-order valence-electron chi connectivity index (χ0n) is 14.5. The first-order valence-electron chi connectivity index (χ1n) is 9.34. The van der Waals surface area contributed by atoms with Crippen LogP contribution in [0.1, 0.15) is 49.0 Å². The molecule has 6 nitrogen and oxygen atoms in total. The third-order valence-electron chi connectivity index (χ3n) is 5.88. The van der Waals surface area contributed by atoms with Gasteiger partial charge in [-0.3, -0.25) is 4.79 Å². The molecule has 3 fully saturated rings. The van der Waals surface area contributed by atoms with Crippen LogP contribution in [0.15, 0.2) is 12.1 Å². The van der Waals surface area contributed by atoms with E-state index >= 15 is 0 Å². The number of hydrogen-bond acceptors (Lipinski definition) is 5. The van der Waals surface area contributed by atoms with Crippen molar-refractivity contribution >= 4 is 11.7 Å². The van der Waals surface area contributed by atoms with Gasteiger partial charge in [-0.2, -0.15) is 0 Å². The fourth-order valence-corrected chi connectivity index (χ4v) is 4.57. The molecule has 0 N–H and O–H groups in total. The molecule has 1 aromatic rings. The number of nitrogens with zero attached hydrogens (tertiary/aromatic N) is 5. The molecule has 6 heteroatoms. The number of likely N-dealkylation sites (tertiary alicyclic amines) is 2. The number of carbonyl (C=O) groups is 1. The molecule has 24 heavy (non-hydrogen) atoms. The minimum Gasteiger partial charge on any atom is -0.355 e. The monoisotopic (exact) mass is 329 g/mol. The molecule has 4 heterocycles. The summed E-state index contributed by atoms with van der Waals surface area (Å²) in [5.74, 6) is 0.954. The number of rotatable bonds is 3. The van der Waals surface area contributed by atoms with Crippen LogP contribution in [-0.2, 0) is 0 Å². The van der Waals surface area contributed by atoms with Gasteiger partial charge in [-0.1, -0.05) is 0 Å². The van der Waals surface area contributed by atoms with E-state index in [1.807, 2.05) is 17.0 Å². The van der Waals surface area contributed by atoms with Gasteiger partial charge in [-0.25, -0.2) is 0 Å². The Hall–Kier alpha value is -1.69. The van der Waals surface area contributed by atoms with E-state index in [1.54, 1.807) is 0 Å². The molecule has 0 aliphatic carbocycles. The second-order valence-electron chi connectivity index (χ2n) is 7.37. The van der Waals surface area contributed by atoms with E-state index in [-0.39, 0.29) is 5.91 Å². The Kier molecular flexibility index (Phi) is 4.39. The molecule has 3 saturated heterocycles. The van der Waals surface area contributed by atoms with Crippen LogP contribution in [0.3, 0.4) is 0 Å². The number of carbonyl (C=O) groups excluding carboxylic acids is 1. The summed E-state index contributed by atoms with van der Waals surface area (Å²) < 4.78 is 0. The molecular weight excluding hydrogens is 302 g/mol. The zero-order valence-corrected chi connectivity index (χ0v) is 14.5. The van der Waals surface area contributed by atoms with Gasteiger partial charge in [0, 0.05) is 31.7 Å². The molecule has 4 rings (SSSR count). The number of aromatic nitrogens is 2. The first-order valence-corrected chi connectivity index (χ1v) is 9.34. The van der Waals surface area contributed by atoms with Crippen molar-refractivity contribution in [3.8, 4) is 0 Å². The Labute approximate surface area is 143 Å². The minimum absolute atomic E-state index is 0.0540. The van der Waals surface area contributed by atoms with Crippen LogP contribution >= 0.6 is 0 Å². The first-order chi connectivity index (χ1) is 11.7. The summed E-state index contributed by atoms with van der Waals surface area (Å²) in [6.45, 7) is 4.09. The van der Waals surface area contributed by atoms with E-state index in [2.05, 4.69) is 27.0 Å². The van der Waals surface area contributed by atoms with Crippen LogP contribution in [0.4, 0.5) is 5.82 Å². The summed E-state index contributed by atoms with van der Waals surface area (Å²) in [6.07, 6.45) is 7.08. The van der Waals surface area contributed by atoms with Crippen molar-refractivity contribution in [2.45, 2.75) is 50.6 Å². The molecule has 0 aromatic carbocycles. The predicted octanol–water partition coefficient (Wildman–Crippen LogP) is 1.78. The molecule has 2 atom stereocenters. The van der Waals surface area contributed by atoms with Crippen LogP contribution < -0.4 is 4.90 Å². The lowest BCUT2D eigenvalue weighted by atomic mass is 10.0. The summed E-state index contributed by atoms with van der Waals surface area (Å²) >= 11 is 0. The molecule has 0 spiro atoms. The fraction of sp³-hybridized carbons (Fsp3) is 0.722. The average molecular weight is 329 g/mol. The topological polar surface area (TPSA) is 52.6 Å². The van der Waals surface area contributed by atoms with Crippen LogP contribution in [-0.4, -0.2) is 71.2 Å². The molecular formula is C18H27N5O. The second-order valence-corrected chi connectivity index (χ2v) is 7.37. The summed E-state index contributed by atoms with van der Waals surface area (Å²) in [4.78, 5) is 19.7. The summed E-state index contributed by atoms with van der Waals surface area (Å²) in [6, 6.07) is 4.66. The molecule has 2 unspecified atom stereocenters. The zero-order chi connectivity index (χ0) is 16.5. The predicted molar refractivity (Wildman–Crippen MR) is 93.2 cm³/mol. The van der Waals surface area contributed by atoms with Crippen LogP contribution in [0, 0.1) is 0 Å². The lowest BCUT2D eigenvalue weighted by molar-refractivity contribution is 0.0657. The van der Waals surface area contributed by atoms with Gasteiger partial charge in [0.1, 0.15) is 0 Å². The quantitative estimate of drug-likeness (QED) is 0.846. The van der Waals surface area contributed by atoms with Gasteiger partial charge in [-0.15, -0.1) is 10.2 Å². The SMILES string of the molecule is CN1CCCC1C1CCCN1C(=O)c1ccc(N2CCCC2)nn1. The van der Waals surface area contributed by atoms with Gasteiger partial charge in [-0.05, 0) is 64.3 Å². The Balaban J connectivity index is 1.48. The van der Waals surface area contributed by atoms with Crippen molar-refractivity contribution in [1.29, 1.82) is 0 Å². The largest absolute Gasteiger partial charge is 0.355 e. The summed E-state index contributed by atoms with van der Waals surface area (Å²) in [5.41, 5.74) is 0.491. The third-order valence-corrected chi connectivity index (χ3v) is 5.88. The normalized spacial score (nSPS) is 28.0. The number of amides is 1. The van der Waals surface area contributed by atoms with Crippen molar-refractivity contribution in [1.82, 2.24) is 20.0 Å². The molecule has 3 aliphatic heterocycles. The van der Waals surface area contributed by atoms with Gasteiger partial charge < -0.3 is 14.7 Å². The molecule has 1 aromatic heterocycles. The van der Waals surface area contributed by atoms with E-state index in [1.165, 1.54) is 25.7 Å². The van der Waals surface area contributed by atoms with Crippen molar-refractivity contribution < 1.29 is 4.79 Å². The van der Waals surface area contributed by atoms with Crippen LogP contribution in [0.25, 0.3) is 0 Å². The first kappa shape index (κ1) is 15.8. The third kappa shape index (κ3) is 2.88. The highest BCUT2D eigenvalue weighted by Crippen LogP contribution is 2.30. The minimum atomic E-state index is 0.0540. The standard InChI is InChI=1S/C18H27N5O/c1-21-10-4-6-15(21)16-7-5-13-23(16)18(24)14-8-9-17(20-19-14)22-11-2-3-12-22/h8-9,15-16H,2-7,10-13H2,1H3. The van der Waals surface area contributed by atoms with Gasteiger partial charge in [0.2, 0.25) is 0 Å². The molecule has 1 amide bonds. The lowest BCUT2D eigenvalue weighted by Crippen LogP contribution is -2.47. The Bertz CT molecular complexity index is 584. The van der Waals surface area contributed by atoms with Crippen LogP contribution in [0.2, 0.25) is 0 Å². The average Bonchev–Trinajstić information content (AvgIpc) is 3.35. The lowest BCUT2D eigenvalue weighted by Gasteiger charge is -2.33. The highest BCUT2D eigenvalue weighted by Gasteiger charge is 2.39. The van der Waals surface area contributed by atoms with E-state index in [0.717, 1.165) is 44.8 Å². The van der Waals surface area contributed by atoms with Crippen molar-refractivity contribution in [3.63, 3.8) is 0 Å². The van der Waals surface area contributed by atoms with Gasteiger partial charge in [0.05, 0.1) is 0 Å². The Morgan fingerprint density at radius 1 is 0.958 bits per heavy atom. The molecule has 130 valence electrons. The van der Waals surface area contributed by atoms with Crippen LogP contribution in [0.5, 0.6) is 0 Å². The van der Waals surface area contributed by atoms with Crippen molar-refractivity contribution in [2.75, 3.05) is 38.1 Å². The summed E-state index contributed by atoms with van der Waals surface area (Å²) in [7, 11) is 2.18. The highest BCUT2D eigenvalue weighted by molar-refractivity contribution is 5.92. The molecule has 3 aliphatic rings. The molecule has 0 bridgehead atoms. The van der Waals surface area contributed by atoms with E-state index in [4.69, 9.17) is 0 Å². The van der Waals surface area contributed by atoms with E-state index in [9.17, 15) is 4.79 Å². The van der Waals surface area contributed by atoms with Gasteiger partial charge in [0.25, 0.3) is 5.91 Å². The molecule has 0 radical (unpaired) electrons. The fourth-order valence-electron chi connectivity index (χ4n) is 4.57. The molecule has 0 saturated carbocycles. The maximum atomic E-state index is 12.9. The summed E-state index contributed by atoms with van der Waals surface area (Å²) in [5, 5.41) is 8.56. The number of hydrogen-bond donors (Lipinski definition) is 0. The Morgan fingerprint density at radius 3 is 2.38 bits per heavy atom. The smallest absolute Gasteiger partial charge is 0.274 e. The number of anilines is 1. The maximum absolute atomic E-state index is 12.9. The van der Waals surface area contributed by atoms with E-state index < -0.39 is 0 Å². The van der Waals surface area contributed by atoms with Crippen molar-refractivity contribution in [3.05, 3.63) is 17.8 Å². The highest BCUT2D eigenvalue weighted by atomic mass is 16.2. The van der Waals surface area contributed by atoms with Gasteiger partial charge >= 0.3 is 0 Å². The number of likely N-dealkylation sites (N-methyl/N-ethyl adjacent to an activating group) is 1. The van der Waals surface area contributed by atoms with Gasteiger partial charge in [0.15, 0.2) is 11.5 Å². The second kappa shape index (κ2) is 6.67. The maximum Gasteiger partial charge on any atom is 0.274 e. The van der Waals surface area contributed by atoms with E-state index in [0.29, 0.717) is 17.8 Å². The Morgan fingerprint density at radius 2 is 1.71 bits per heavy atom.